The molecule has 3 rings (SSSR count). The van der Waals surface area contributed by atoms with Crippen LogP contribution in [0.25, 0.3) is 11.0 Å². The zero-order chi connectivity index (χ0) is 22.1. The van der Waals surface area contributed by atoms with Gasteiger partial charge in [0.2, 0.25) is 5.91 Å². The van der Waals surface area contributed by atoms with Gasteiger partial charge in [0.15, 0.2) is 5.65 Å². The molecule has 1 atom stereocenters. The van der Waals surface area contributed by atoms with Gasteiger partial charge in [-0.1, -0.05) is 12.1 Å². The molecule has 0 fully saturated rings. The van der Waals surface area contributed by atoms with Crippen molar-refractivity contribution in [2.24, 2.45) is 0 Å². The van der Waals surface area contributed by atoms with E-state index >= 15 is 0 Å². The highest BCUT2D eigenvalue weighted by Crippen LogP contribution is 2.19. The van der Waals surface area contributed by atoms with Crippen LogP contribution in [0.1, 0.15) is 37.8 Å². The summed E-state index contributed by atoms with van der Waals surface area (Å²) < 4.78 is 18.6. The quantitative estimate of drug-likeness (QED) is 0.380. The maximum atomic E-state index is 13.6. The molecule has 0 aliphatic heterocycles. The van der Waals surface area contributed by atoms with Crippen molar-refractivity contribution < 1.29 is 18.7 Å². The Bertz CT molecular complexity index is 1040. The summed E-state index contributed by atoms with van der Waals surface area (Å²) in [7, 11) is 0. The molecule has 0 bridgehead atoms. The molecule has 8 heteroatoms. The van der Waals surface area contributed by atoms with Gasteiger partial charge >= 0.3 is 5.97 Å². The number of aromatic nitrogens is 2. The van der Waals surface area contributed by atoms with E-state index in [-0.39, 0.29) is 25.4 Å². The molecular formula is C23H25FN4O3. The minimum Gasteiger partial charge on any atom is -0.466 e. The summed E-state index contributed by atoms with van der Waals surface area (Å²) in [5.41, 5.74) is 1.18. The summed E-state index contributed by atoms with van der Waals surface area (Å²) in [6.45, 7) is 2.50. The normalized spacial score (nSPS) is 11.7. The first kappa shape index (κ1) is 22.1. The van der Waals surface area contributed by atoms with Crippen LogP contribution in [0.5, 0.6) is 0 Å². The lowest BCUT2D eigenvalue weighted by molar-refractivity contribution is -0.143. The number of nitrogens with one attached hydrogen (secondary N) is 2. The third-order valence-corrected chi connectivity index (χ3v) is 4.61. The Morgan fingerprint density at radius 1 is 1.16 bits per heavy atom. The van der Waals surface area contributed by atoms with Crippen molar-refractivity contribution in [1.29, 1.82) is 0 Å². The van der Waals surface area contributed by atoms with E-state index in [2.05, 4.69) is 20.6 Å². The van der Waals surface area contributed by atoms with Crippen LogP contribution in [0.2, 0.25) is 0 Å². The van der Waals surface area contributed by atoms with Crippen LogP contribution >= 0.6 is 0 Å². The number of fused-ring (bicyclic) bond motifs is 1. The predicted octanol–water partition coefficient (Wildman–Crippen LogP) is 3.77. The highest BCUT2D eigenvalue weighted by molar-refractivity contribution is 5.78. The smallest absolute Gasteiger partial charge is 0.308 e. The molecule has 31 heavy (non-hydrogen) atoms. The lowest BCUT2D eigenvalue weighted by Gasteiger charge is -2.19. The van der Waals surface area contributed by atoms with E-state index < -0.39 is 17.8 Å². The first-order valence-electron chi connectivity index (χ1n) is 10.2. The number of halogens is 1. The number of pyridine rings is 2. The average molecular weight is 424 g/mol. The molecule has 7 nitrogen and oxygen atoms in total. The standard InChI is InChI=1S/C23H25FN4O3/c1-2-31-22(30)15-19(17-6-3-8-18(24)14-17)27-21(29)9-5-12-25-20-11-10-16-7-4-13-26-23(16)28-20/h3-4,6-8,10-11,13-14,19H,2,5,9,12,15H2,1H3,(H,27,29)(H,25,26,28). The van der Waals surface area contributed by atoms with Gasteiger partial charge in [0.1, 0.15) is 11.6 Å². The van der Waals surface area contributed by atoms with Gasteiger partial charge < -0.3 is 15.4 Å². The summed E-state index contributed by atoms with van der Waals surface area (Å²) in [6.07, 6.45) is 2.43. The van der Waals surface area contributed by atoms with Gasteiger partial charge in [-0.15, -0.1) is 0 Å². The minimum atomic E-state index is -0.650. The molecule has 1 unspecified atom stereocenters. The van der Waals surface area contributed by atoms with Gasteiger partial charge in [0.25, 0.3) is 0 Å². The highest BCUT2D eigenvalue weighted by atomic mass is 19.1. The molecule has 2 aromatic heterocycles. The van der Waals surface area contributed by atoms with Crippen LogP contribution in [0.4, 0.5) is 10.2 Å². The van der Waals surface area contributed by atoms with E-state index in [1.54, 1.807) is 25.3 Å². The molecule has 2 heterocycles. The largest absolute Gasteiger partial charge is 0.466 e. The van der Waals surface area contributed by atoms with Crippen molar-refractivity contribution in [3.8, 4) is 0 Å². The van der Waals surface area contributed by atoms with Gasteiger partial charge in [-0.05, 0) is 55.3 Å². The second-order valence-electron chi connectivity index (χ2n) is 6.96. The number of hydrogen-bond donors (Lipinski definition) is 2. The Balaban J connectivity index is 1.51. The SMILES string of the molecule is CCOC(=O)CC(NC(=O)CCCNc1ccc2cccnc2n1)c1cccc(F)c1. The Labute approximate surface area is 180 Å². The van der Waals surface area contributed by atoms with Crippen LogP contribution in [0, 0.1) is 5.82 Å². The van der Waals surface area contributed by atoms with Crippen molar-refractivity contribution in [2.75, 3.05) is 18.5 Å². The van der Waals surface area contributed by atoms with Crippen LogP contribution in [-0.4, -0.2) is 35.0 Å². The number of carbonyl (C=O) groups is 2. The van der Waals surface area contributed by atoms with Gasteiger partial charge in [0, 0.05) is 24.5 Å². The molecule has 3 aromatic rings. The van der Waals surface area contributed by atoms with Gasteiger partial charge in [0.05, 0.1) is 19.1 Å². The Morgan fingerprint density at radius 3 is 2.84 bits per heavy atom. The van der Waals surface area contributed by atoms with Gasteiger partial charge in [-0.3, -0.25) is 9.59 Å². The van der Waals surface area contributed by atoms with Crippen molar-refractivity contribution >= 4 is 28.7 Å². The number of benzene rings is 1. The highest BCUT2D eigenvalue weighted by Gasteiger charge is 2.19. The summed E-state index contributed by atoms with van der Waals surface area (Å²) in [5, 5.41) is 6.95. The van der Waals surface area contributed by atoms with Crippen LogP contribution in [0.3, 0.4) is 0 Å². The maximum absolute atomic E-state index is 13.6. The maximum Gasteiger partial charge on any atom is 0.308 e. The fourth-order valence-electron chi connectivity index (χ4n) is 3.15. The number of hydrogen-bond acceptors (Lipinski definition) is 6. The molecule has 1 aromatic carbocycles. The van der Waals surface area contributed by atoms with E-state index in [1.165, 1.54) is 12.1 Å². The van der Waals surface area contributed by atoms with E-state index in [4.69, 9.17) is 4.74 Å². The third kappa shape index (κ3) is 6.74. The molecule has 1 amide bonds. The van der Waals surface area contributed by atoms with Crippen molar-refractivity contribution in [1.82, 2.24) is 15.3 Å². The molecule has 0 saturated carbocycles. The van der Waals surface area contributed by atoms with E-state index in [9.17, 15) is 14.0 Å². The average Bonchev–Trinajstić information content (AvgIpc) is 2.76. The number of carbonyl (C=O) groups excluding carboxylic acids is 2. The van der Waals surface area contributed by atoms with Crippen molar-refractivity contribution in [3.63, 3.8) is 0 Å². The minimum absolute atomic E-state index is 0.0602. The van der Waals surface area contributed by atoms with Crippen LogP contribution < -0.4 is 10.6 Å². The van der Waals surface area contributed by atoms with E-state index in [1.807, 2.05) is 24.3 Å². The first-order chi connectivity index (χ1) is 15.0. The molecule has 162 valence electrons. The van der Waals surface area contributed by atoms with E-state index in [0.717, 1.165) is 5.39 Å². The second kappa shape index (κ2) is 11.0. The lowest BCUT2D eigenvalue weighted by Crippen LogP contribution is -2.31. The zero-order valence-corrected chi connectivity index (χ0v) is 17.3. The van der Waals surface area contributed by atoms with Gasteiger partial charge in [-0.25, -0.2) is 14.4 Å². The summed E-state index contributed by atoms with van der Waals surface area (Å²) >= 11 is 0. The number of nitrogens with zero attached hydrogens (tertiary/aromatic N) is 2. The number of amides is 1. The molecular weight excluding hydrogens is 399 g/mol. The van der Waals surface area contributed by atoms with Crippen LogP contribution in [0.15, 0.2) is 54.7 Å². The molecule has 0 aliphatic carbocycles. The summed E-state index contributed by atoms with van der Waals surface area (Å²) in [6, 6.07) is 12.8. The number of rotatable bonds is 10. The Hall–Kier alpha value is -3.55. The second-order valence-corrected chi connectivity index (χ2v) is 6.96. The number of anilines is 1. The van der Waals surface area contributed by atoms with Gasteiger partial charge in [-0.2, -0.15) is 0 Å². The zero-order valence-electron chi connectivity index (χ0n) is 17.3. The lowest BCUT2D eigenvalue weighted by atomic mass is 10.0. The molecule has 0 saturated heterocycles. The fourth-order valence-corrected chi connectivity index (χ4v) is 3.15. The molecule has 0 radical (unpaired) electrons. The molecule has 2 N–H and O–H groups in total. The van der Waals surface area contributed by atoms with E-state index in [0.29, 0.717) is 30.0 Å². The molecule has 0 spiro atoms. The summed E-state index contributed by atoms with van der Waals surface area (Å²) in [5.74, 6) is -0.419. The Kier molecular flexibility index (Phi) is 7.86. The monoisotopic (exact) mass is 424 g/mol. The van der Waals surface area contributed by atoms with Crippen molar-refractivity contribution in [3.05, 3.63) is 66.1 Å². The first-order valence-corrected chi connectivity index (χ1v) is 10.2. The topological polar surface area (TPSA) is 93.2 Å². The fraction of sp³-hybridized carbons (Fsp3) is 0.304. The molecule has 0 aliphatic rings. The van der Waals surface area contributed by atoms with Crippen LogP contribution in [-0.2, 0) is 14.3 Å². The predicted molar refractivity (Wildman–Crippen MR) is 116 cm³/mol. The summed E-state index contributed by atoms with van der Waals surface area (Å²) in [4.78, 5) is 33.0. The number of ether oxygens (including phenoxy) is 1. The Morgan fingerprint density at radius 2 is 2.03 bits per heavy atom. The third-order valence-electron chi connectivity index (χ3n) is 4.61. The van der Waals surface area contributed by atoms with Crippen molar-refractivity contribution in [2.45, 2.75) is 32.2 Å². The number of esters is 1.